The Bertz CT molecular complexity index is 154. The molecule has 0 aliphatic carbocycles. The van der Waals surface area contributed by atoms with Gasteiger partial charge in [-0.3, -0.25) is 0 Å². The molecule has 0 rings (SSSR count). The first-order chi connectivity index (χ1) is 6.67. The molecule has 0 bridgehead atoms. The molecule has 0 aromatic carbocycles. The van der Waals surface area contributed by atoms with E-state index >= 15 is 0 Å². The molecule has 1 N–H and O–H groups in total. The Balaban J connectivity index is 4.29. The van der Waals surface area contributed by atoms with Crippen LogP contribution in [0, 0.1) is 11.8 Å². The maximum Gasteiger partial charge on any atom is 0.116 e. The van der Waals surface area contributed by atoms with Crippen LogP contribution in [0.25, 0.3) is 0 Å². The van der Waals surface area contributed by atoms with Gasteiger partial charge in [0.2, 0.25) is 0 Å². The normalized spacial score (nSPS) is 15.8. The third-order valence-electron chi connectivity index (χ3n) is 3.09. The van der Waals surface area contributed by atoms with Crippen LogP contribution in [0.15, 0.2) is 11.3 Å². The van der Waals surface area contributed by atoms with Crippen LogP contribution >= 0.6 is 0 Å². The van der Waals surface area contributed by atoms with E-state index in [0.717, 1.165) is 18.4 Å². The van der Waals surface area contributed by atoms with Crippen molar-refractivity contribution in [2.75, 3.05) is 6.54 Å². The second-order valence-electron chi connectivity index (χ2n) is 4.13. The van der Waals surface area contributed by atoms with Gasteiger partial charge in [-0.1, -0.05) is 45.9 Å². The minimum atomic E-state index is -0.152. The van der Waals surface area contributed by atoms with Gasteiger partial charge in [-0.15, -0.1) is 0 Å². The van der Waals surface area contributed by atoms with E-state index in [9.17, 15) is 0 Å². The van der Waals surface area contributed by atoms with Crippen molar-refractivity contribution in [3.05, 3.63) is 11.3 Å². The van der Waals surface area contributed by atoms with Gasteiger partial charge in [-0.2, -0.15) is 0 Å². The van der Waals surface area contributed by atoms with Gasteiger partial charge < -0.3 is 4.98 Å². The van der Waals surface area contributed by atoms with Crippen molar-refractivity contribution in [2.45, 2.75) is 47.5 Å². The quantitative estimate of drug-likeness (QED) is 0.506. The second kappa shape index (κ2) is 8.24. The minimum Gasteiger partial charge on any atom is -0.339 e. The topological polar surface area (TPSA) is 12.0 Å². The zero-order valence-corrected chi connectivity index (χ0v) is 12.0. The second-order valence-corrected chi connectivity index (χ2v) is 5.45. The molecule has 2 heteroatoms. The zero-order chi connectivity index (χ0) is 11.0. The fourth-order valence-corrected chi connectivity index (χ4v) is 3.17. The van der Waals surface area contributed by atoms with Crippen molar-refractivity contribution >= 4 is 9.68 Å². The molecule has 0 fully saturated rings. The van der Waals surface area contributed by atoms with Crippen LogP contribution in [0.4, 0.5) is 0 Å². The van der Waals surface area contributed by atoms with Crippen molar-refractivity contribution < 1.29 is 0 Å². The van der Waals surface area contributed by atoms with E-state index in [1.54, 1.807) is 5.57 Å². The average molecular weight is 213 g/mol. The lowest BCUT2D eigenvalue weighted by molar-refractivity contribution is 0.531. The molecule has 0 aliphatic heterocycles. The highest BCUT2D eigenvalue weighted by molar-refractivity contribution is 6.39. The molecular formula is C12H27NSi. The smallest absolute Gasteiger partial charge is 0.116 e. The summed E-state index contributed by atoms with van der Waals surface area (Å²) in [6.07, 6.45) is 2.55. The molecule has 2 unspecified atom stereocenters. The van der Waals surface area contributed by atoms with E-state index in [1.807, 2.05) is 0 Å². The van der Waals surface area contributed by atoms with Crippen LogP contribution in [0.2, 0.25) is 0 Å². The molecule has 0 aromatic rings. The van der Waals surface area contributed by atoms with E-state index in [0.29, 0.717) is 0 Å². The maximum atomic E-state index is 3.50. The number of rotatable bonds is 7. The number of nitrogens with one attached hydrogen (secondary N) is 1. The van der Waals surface area contributed by atoms with E-state index in [4.69, 9.17) is 0 Å². The summed E-state index contributed by atoms with van der Waals surface area (Å²) in [7, 11) is -0.152. The van der Waals surface area contributed by atoms with Gasteiger partial charge in [0.15, 0.2) is 0 Å². The third-order valence-corrected chi connectivity index (χ3v) is 4.56. The molecule has 2 atom stereocenters. The maximum absolute atomic E-state index is 3.50. The van der Waals surface area contributed by atoms with Crippen molar-refractivity contribution in [2.24, 2.45) is 11.8 Å². The van der Waals surface area contributed by atoms with Gasteiger partial charge >= 0.3 is 0 Å². The largest absolute Gasteiger partial charge is 0.339 e. The molecule has 0 saturated heterocycles. The Morgan fingerprint density at radius 2 is 1.64 bits per heavy atom. The molecular weight excluding hydrogens is 186 g/mol. The summed E-state index contributed by atoms with van der Waals surface area (Å²) in [4.78, 5) is 3.50. The first kappa shape index (κ1) is 13.9. The lowest BCUT2D eigenvalue weighted by Crippen LogP contribution is -2.19. The van der Waals surface area contributed by atoms with Crippen molar-refractivity contribution in [3.8, 4) is 0 Å². The fourth-order valence-electron chi connectivity index (χ4n) is 1.69. The van der Waals surface area contributed by atoms with Gasteiger partial charge in [0.25, 0.3) is 0 Å². The SMILES string of the molecule is CCN[SiH2]C=C(C(C)CC)C(C)CC. The highest BCUT2D eigenvalue weighted by Gasteiger charge is 2.12. The monoisotopic (exact) mass is 213 g/mol. The average Bonchev–Trinajstić information content (AvgIpc) is 2.22. The molecule has 0 heterocycles. The van der Waals surface area contributed by atoms with Crippen molar-refractivity contribution in [1.29, 1.82) is 0 Å². The van der Waals surface area contributed by atoms with Crippen LogP contribution in [0.3, 0.4) is 0 Å². The number of hydrogen-bond donors (Lipinski definition) is 1. The molecule has 0 aliphatic rings. The van der Waals surface area contributed by atoms with Gasteiger partial charge in [-0.05, 0) is 31.2 Å². The first-order valence-corrected chi connectivity index (χ1v) is 7.60. The van der Waals surface area contributed by atoms with Gasteiger partial charge in [0, 0.05) is 0 Å². The molecule has 0 spiro atoms. The molecule has 84 valence electrons. The van der Waals surface area contributed by atoms with Crippen LogP contribution in [0.1, 0.15) is 47.5 Å². The summed E-state index contributed by atoms with van der Waals surface area (Å²) < 4.78 is 0. The van der Waals surface area contributed by atoms with Crippen LogP contribution in [-0.4, -0.2) is 16.2 Å². The molecule has 1 nitrogen and oxygen atoms in total. The highest BCUT2D eigenvalue weighted by Crippen LogP contribution is 2.24. The van der Waals surface area contributed by atoms with Crippen LogP contribution < -0.4 is 4.98 Å². The standard InChI is InChI=1S/C12H27NSi/c1-6-10(4)12(11(5)7-2)9-14-13-8-3/h9-11,13H,6-8,14H2,1-5H3. The summed E-state index contributed by atoms with van der Waals surface area (Å²) in [5.74, 6) is 1.55. The van der Waals surface area contributed by atoms with Crippen LogP contribution in [0.5, 0.6) is 0 Å². The molecule has 0 saturated carbocycles. The van der Waals surface area contributed by atoms with Crippen molar-refractivity contribution in [3.63, 3.8) is 0 Å². The van der Waals surface area contributed by atoms with Gasteiger partial charge in [0.1, 0.15) is 9.68 Å². The predicted octanol–water partition coefficient (Wildman–Crippen LogP) is 2.66. The molecule has 14 heavy (non-hydrogen) atoms. The highest BCUT2D eigenvalue weighted by atomic mass is 28.2. The lowest BCUT2D eigenvalue weighted by Gasteiger charge is -2.20. The molecule has 0 amide bonds. The van der Waals surface area contributed by atoms with Gasteiger partial charge in [0.05, 0.1) is 0 Å². The summed E-state index contributed by atoms with van der Waals surface area (Å²) in [5, 5.41) is 0. The summed E-state index contributed by atoms with van der Waals surface area (Å²) in [6.45, 7) is 12.6. The van der Waals surface area contributed by atoms with Crippen molar-refractivity contribution in [1.82, 2.24) is 4.98 Å². The summed E-state index contributed by atoms with van der Waals surface area (Å²) >= 11 is 0. The zero-order valence-electron chi connectivity index (χ0n) is 10.6. The first-order valence-electron chi connectivity index (χ1n) is 6.07. The minimum absolute atomic E-state index is 0.152. The van der Waals surface area contributed by atoms with E-state index in [1.165, 1.54) is 12.8 Å². The summed E-state index contributed by atoms with van der Waals surface area (Å²) in [6, 6.07) is 0. The predicted molar refractivity (Wildman–Crippen MR) is 69.2 cm³/mol. The Morgan fingerprint density at radius 3 is 2.00 bits per heavy atom. The lowest BCUT2D eigenvalue weighted by atomic mass is 9.88. The number of hydrogen-bond acceptors (Lipinski definition) is 1. The van der Waals surface area contributed by atoms with E-state index in [2.05, 4.69) is 45.3 Å². The van der Waals surface area contributed by atoms with Gasteiger partial charge in [-0.25, -0.2) is 0 Å². The van der Waals surface area contributed by atoms with Crippen LogP contribution in [-0.2, 0) is 0 Å². The Labute approximate surface area is 92.3 Å². The Kier molecular flexibility index (Phi) is 8.19. The molecule has 0 radical (unpaired) electrons. The third kappa shape index (κ3) is 4.96. The Morgan fingerprint density at radius 1 is 1.14 bits per heavy atom. The fraction of sp³-hybridized carbons (Fsp3) is 0.833. The number of allylic oxidation sites excluding steroid dienone is 1. The Hall–Kier alpha value is -0.0831. The van der Waals surface area contributed by atoms with E-state index < -0.39 is 0 Å². The summed E-state index contributed by atoms with van der Waals surface area (Å²) in [5.41, 5.74) is 4.23. The van der Waals surface area contributed by atoms with E-state index in [-0.39, 0.29) is 9.68 Å². The molecule has 0 aromatic heterocycles.